The number of esters is 1. The Morgan fingerprint density at radius 1 is 1.30 bits per heavy atom. The third-order valence-corrected chi connectivity index (χ3v) is 5.51. The van der Waals surface area contributed by atoms with Crippen molar-refractivity contribution in [3.63, 3.8) is 0 Å². The zero-order valence-electron chi connectivity index (χ0n) is 16.6. The molecule has 0 aliphatic heterocycles. The zero-order chi connectivity index (χ0) is 19.8. The fourth-order valence-electron chi connectivity index (χ4n) is 3.88. The first-order valence-electron chi connectivity index (χ1n) is 9.94. The van der Waals surface area contributed by atoms with Gasteiger partial charge < -0.3 is 9.84 Å². The van der Waals surface area contributed by atoms with Crippen molar-refractivity contribution in [3.05, 3.63) is 52.3 Å². The normalized spacial score (nSPS) is 23.4. The van der Waals surface area contributed by atoms with Gasteiger partial charge in [-0.1, -0.05) is 57.5 Å². The maximum Gasteiger partial charge on any atom is 0.505 e. The van der Waals surface area contributed by atoms with E-state index in [0.717, 1.165) is 31.2 Å². The quantitative estimate of drug-likeness (QED) is 0.291. The lowest BCUT2D eigenvalue weighted by Gasteiger charge is -2.36. The topological polar surface area (TPSA) is 74.7 Å². The minimum absolute atomic E-state index is 0.199. The molecule has 1 aliphatic carbocycles. The van der Waals surface area contributed by atoms with Crippen molar-refractivity contribution in [2.45, 2.75) is 65.4 Å². The molecule has 1 aliphatic rings. The van der Waals surface area contributed by atoms with Gasteiger partial charge in [-0.15, -0.1) is 0 Å². The van der Waals surface area contributed by atoms with Crippen molar-refractivity contribution in [2.75, 3.05) is 0 Å². The van der Waals surface area contributed by atoms with Crippen LogP contribution in [0.1, 0.15) is 58.4 Å². The van der Waals surface area contributed by atoms with Crippen LogP contribution in [0.2, 0.25) is 0 Å². The second-order valence-electron chi connectivity index (χ2n) is 8.00. The molecule has 1 N–H and O–H groups in total. The van der Waals surface area contributed by atoms with Gasteiger partial charge in [-0.3, -0.25) is 0 Å². The molecule has 1 saturated carbocycles. The molecular formula is C22H31N2O3+. The van der Waals surface area contributed by atoms with E-state index < -0.39 is 5.97 Å². The third kappa shape index (κ3) is 6.09. The predicted octanol–water partition coefficient (Wildman–Crippen LogP) is 5.64. The second kappa shape index (κ2) is 10.1. The number of benzene rings is 1. The summed E-state index contributed by atoms with van der Waals surface area (Å²) in [6, 6.07) is 9.92. The summed E-state index contributed by atoms with van der Waals surface area (Å²) in [5, 5.41) is 19.5. The van der Waals surface area contributed by atoms with E-state index in [1.165, 1.54) is 0 Å². The number of nitrogens with zero attached hydrogens (tertiary/aromatic N) is 2. The summed E-state index contributed by atoms with van der Waals surface area (Å²) in [5.74, 6) is 0.247. The van der Waals surface area contributed by atoms with Crippen LogP contribution < -0.4 is 0 Å². The van der Waals surface area contributed by atoms with Crippen LogP contribution >= 0.6 is 0 Å². The highest BCUT2D eigenvalue weighted by Gasteiger charge is 2.38. The summed E-state index contributed by atoms with van der Waals surface area (Å²) in [7, 11) is 0. The van der Waals surface area contributed by atoms with Gasteiger partial charge in [-0.05, 0) is 49.0 Å². The Morgan fingerprint density at radius 2 is 2.00 bits per heavy atom. The van der Waals surface area contributed by atoms with E-state index >= 15 is 0 Å². The van der Waals surface area contributed by atoms with E-state index in [-0.39, 0.29) is 24.0 Å². The first-order chi connectivity index (χ1) is 12.9. The number of allylic oxidation sites excluding steroid dienone is 1. The van der Waals surface area contributed by atoms with Crippen molar-refractivity contribution in [1.82, 2.24) is 0 Å². The number of hydrogen-bond donors (Lipinski definition) is 1. The van der Waals surface area contributed by atoms with E-state index in [4.69, 9.17) is 4.74 Å². The van der Waals surface area contributed by atoms with E-state index in [9.17, 15) is 15.3 Å². The molecule has 27 heavy (non-hydrogen) atoms. The summed E-state index contributed by atoms with van der Waals surface area (Å²) in [5.41, 5.74) is 0.787. The van der Waals surface area contributed by atoms with Gasteiger partial charge in [0.05, 0.1) is 0 Å². The van der Waals surface area contributed by atoms with Gasteiger partial charge in [-0.25, -0.2) is 4.79 Å². The standard InChI is InChI=1S/C22H30N2O3/c1-15(2)18-13-12-16(3)14-20(18)27-22(26)21(24-23)19(25)11-7-10-17-8-5-4-6-9-17/h4-6,8-9,15-16,18,20H,7,10-14H2,1-3H3/p+1/t16-,18+,20-/m1/s1. The fourth-order valence-corrected chi connectivity index (χ4v) is 3.88. The third-order valence-electron chi connectivity index (χ3n) is 5.51. The molecule has 0 heterocycles. The first kappa shape index (κ1) is 21.0. The predicted molar refractivity (Wildman–Crippen MR) is 105 cm³/mol. The number of diazo groups is 1. The van der Waals surface area contributed by atoms with Crippen molar-refractivity contribution < 1.29 is 14.6 Å². The molecule has 0 spiro atoms. The lowest BCUT2D eigenvalue weighted by atomic mass is 9.75. The Kier molecular flexibility index (Phi) is 7.84. The molecule has 0 unspecified atom stereocenters. The highest BCUT2D eigenvalue weighted by Crippen LogP contribution is 2.35. The lowest BCUT2D eigenvalue weighted by Crippen LogP contribution is -2.36. The number of aliphatic hydroxyl groups is 1. The van der Waals surface area contributed by atoms with Gasteiger partial charge in [0.2, 0.25) is 5.39 Å². The molecule has 1 aromatic carbocycles. The molecule has 3 atom stereocenters. The average molecular weight is 372 g/mol. The minimum atomic E-state index is -0.737. The number of carbonyl (C=O) groups excluding carboxylic acids is 1. The summed E-state index contributed by atoms with van der Waals surface area (Å²) in [4.78, 5) is 15.5. The number of rotatable bonds is 7. The first-order valence-corrected chi connectivity index (χ1v) is 9.94. The van der Waals surface area contributed by atoms with Crippen LogP contribution in [-0.2, 0) is 16.0 Å². The highest BCUT2D eigenvalue weighted by atomic mass is 16.5. The molecule has 1 fully saturated rings. The Labute approximate surface area is 162 Å². The molecule has 0 radical (unpaired) electrons. The summed E-state index contributed by atoms with van der Waals surface area (Å²) < 4.78 is 5.66. The van der Waals surface area contributed by atoms with Gasteiger partial charge in [0.25, 0.3) is 0 Å². The molecule has 5 heteroatoms. The maximum atomic E-state index is 12.5. The molecule has 0 bridgehead atoms. The lowest BCUT2D eigenvalue weighted by molar-refractivity contribution is -0.150. The number of hydrogen-bond acceptors (Lipinski definition) is 4. The largest absolute Gasteiger partial charge is 0.505 e. The summed E-state index contributed by atoms with van der Waals surface area (Å²) >= 11 is 0. The van der Waals surface area contributed by atoms with Crippen molar-refractivity contribution >= 4 is 5.97 Å². The minimum Gasteiger partial charge on any atom is -0.505 e. The van der Waals surface area contributed by atoms with Crippen molar-refractivity contribution in [2.24, 2.45) is 17.8 Å². The summed E-state index contributed by atoms with van der Waals surface area (Å²) in [6.07, 6.45) is 4.45. The van der Waals surface area contributed by atoms with Crippen LogP contribution in [0.4, 0.5) is 0 Å². The van der Waals surface area contributed by atoms with Crippen LogP contribution in [0.15, 0.2) is 41.8 Å². The number of ether oxygens (including phenoxy) is 1. The summed E-state index contributed by atoms with van der Waals surface area (Å²) in [6.45, 7) is 6.43. The Morgan fingerprint density at radius 3 is 2.63 bits per heavy atom. The van der Waals surface area contributed by atoms with Gasteiger partial charge in [0.1, 0.15) is 6.10 Å². The van der Waals surface area contributed by atoms with Crippen LogP contribution in [-0.4, -0.2) is 17.2 Å². The van der Waals surface area contributed by atoms with Gasteiger partial charge in [0, 0.05) is 6.42 Å². The van der Waals surface area contributed by atoms with Crippen molar-refractivity contribution in [1.29, 1.82) is 5.39 Å². The molecule has 0 saturated heterocycles. The average Bonchev–Trinajstić information content (AvgIpc) is 2.63. The smallest absolute Gasteiger partial charge is 0.505 e. The number of aliphatic hydroxyl groups excluding tert-OH is 1. The van der Waals surface area contributed by atoms with E-state index in [1.807, 2.05) is 30.3 Å². The van der Waals surface area contributed by atoms with Crippen LogP contribution in [0.25, 0.3) is 4.98 Å². The zero-order valence-corrected chi connectivity index (χ0v) is 16.6. The van der Waals surface area contributed by atoms with Gasteiger partial charge >= 0.3 is 11.7 Å². The Balaban J connectivity index is 1.98. The number of carbonyl (C=O) groups is 1. The van der Waals surface area contributed by atoms with Gasteiger partial charge in [-0.2, -0.15) is 0 Å². The van der Waals surface area contributed by atoms with Gasteiger partial charge in [0.15, 0.2) is 10.7 Å². The molecule has 2 rings (SSSR count). The second-order valence-corrected chi connectivity index (χ2v) is 8.00. The van der Waals surface area contributed by atoms with E-state index in [2.05, 4.69) is 25.7 Å². The number of aryl methyl sites for hydroxylation is 1. The highest BCUT2D eigenvalue weighted by molar-refractivity contribution is 5.90. The Bertz CT molecular complexity index is 691. The molecular weight excluding hydrogens is 340 g/mol. The molecule has 146 valence electrons. The van der Waals surface area contributed by atoms with Crippen molar-refractivity contribution in [3.8, 4) is 0 Å². The SMILES string of the molecule is CC(C)[C@@H]1CC[C@@H](C)C[C@H]1OC(=O)/C([N+]#N)=C(\O)CCCc1ccccc1. The Hall–Kier alpha value is -2.35. The van der Waals surface area contributed by atoms with Crippen LogP contribution in [0.3, 0.4) is 0 Å². The molecule has 0 amide bonds. The molecule has 1 aromatic rings. The van der Waals surface area contributed by atoms with E-state index in [1.54, 1.807) is 0 Å². The van der Waals surface area contributed by atoms with Crippen LogP contribution in [0.5, 0.6) is 0 Å². The monoisotopic (exact) mass is 371 g/mol. The molecule has 5 nitrogen and oxygen atoms in total. The van der Waals surface area contributed by atoms with Crippen LogP contribution in [0, 0.1) is 23.1 Å². The maximum absolute atomic E-state index is 12.5. The molecule has 0 aromatic heterocycles. The van der Waals surface area contributed by atoms with E-state index in [0.29, 0.717) is 24.2 Å². The fraction of sp³-hybridized carbons (Fsp3) is 0.591.